The van der Waals surface area contributed by atoms with Crippen molar-refractivity contribution in [2.75, 3.05) is 0 Å². The molecule has 1 heterocycles. The monoisotopic (exact) mass is 293 g/mol. The summed E-state index contributed by atoms with van der Waals surface area (Å²) in [6, 6.07) is 9.41. The molecular weight excluding hydrogens is 278 g/mol. The van der Waals surface area contributed by atoms with Crippen molar-refractivity contribution in [2.45, 2.75) is 13.5 Å². The lowest BCUT2D eigenvalue weighted by molar-refractivity contribution is 0.0837. The van der Waals surface area contributed by atoms with Crippen molar-refractivity contribution >= 4 is 24.3 Å². The highest BCUT2D eigenvalue weighted by atomic mass is 35.5. The van der Waals surface area contributed by atoms with Gasteiger partial charge in [0.2, 0.25) is 0 Å². The van der Waals surface area contributed by atoms with E-state index in [2.05, 4.69) is 10.2 Å². The van der Waals surface area contributed by atoms with E-state index in [0.717, 1.165) is 5.56 Å². The van der Waals surface area contributed by atoms with Crippen LogP contribution in [-0.2, 0) is 6.54 Å². The molecule has 1 aromatic heterocycles. The van der Waals surface area contributed by atoms with Crippen molar-refractivity contribution in [3.8, 4) is 0 Å². The molecule has 0 saturated heterocycles. The Morgan fingerprint density at radius 3 is 2.55 bits per heavy atom. The van der Waals surface area contributed by atoms with Gasteiger partial charge in [0.15, 0.2) is 5.96 Å². The Morgan fingerprint density at radius 2 is 2.05 bits per heavy atom. The van der Waals surface area contributed by atoms with Crippen LogP contribution in [0.5, 0.6) is 0 Å². The predicted octanol–water partition coefficient (Wildman–Crippen LogP) is 1.68. The highest BCUT2D eigenvalue weighted by molar-refractivity contribution is 6.04. The Kier molecular flexibility index (Phi) is 5.28. The maximum absolute atomic E-state index is 12.3. The lowest BCUT2D eigenvalue weighted by atomic mass is 10.2. The number of rotatable bonds is 3. The standard InChI is InChI=1S/C13H15N5O.ClH/c1-9-11(7-16-17-9)12(19)18(13(14)15)8-10-5-3-2-4-6-10;/h2-7H,8H2,1H3,(H3,14,15)(H,16,17);1H. The molecule has 2 rings (SSSR count). The van der Waals surface area contributed by atoms with Crippen LogP contribution in [0.3, 0.4) is 0 Å². The number of amides is 1. The number of carbonyl (C=O) groups is 1. The topological polar surface area (TPSA) is 98.9 Å². The lowest BCUT2D eigenvalue weighted by Gasteiger charge is -2.20. The van der Waals surface area contributed by atoms with Gasteiger partial charge >= 0.3 is 0 Å². The van der Waals surface area contributed by atoms with Crippen molar-refractivity contribution < 1.29 is 4.79 Å². The zero-order valence-electron chi connectivity index (χ0n) is 11.0. The Hall–Kier alpha value is -2.34. The summed E-state index contributed by atoms with van der Waals surface area (Å²) in [6.07, 6.45) is 1.44. The van der Waals surface area contributed by atoms with Crippen LogP contribution in [0.2, 0.25) is 0 Å². The third-order valence-electron chi connectivity index (χ3n) is 2.78. The van der Waals surface area contributed by atoms with Gasteiger partial charge in [0.1, 0.15) is 0 Å². The molecule has 1 aromatic carbocycles. The molecule has 0 unspecified atom stereocenters. The van der Waals surface area contributed by atoms with Crippen molar-refractivity contribution in [3.63, 3.8) is 0 Å². The molecule has 7 heteroatoms. The van der Waals surface area contributed by atoms with E-state index in [1.165, 1.54) is 11.1 Å². The fourth-order valence-corrected chi connectivity index (χ4v) is 1.74. The number of guanidine groups is 1. The average molecular weight is 294 g/mol. The van der Waals surface area contributed by atoms with Crippen molar-refractivity contribution in [1.29, 1.82) is 5.41 Å². The van der Waals surface area contributed by atoms with Crippen molar-refractivity contribution in [3.05, 3.63) is 53.3 Å². The fraction of sp³-hybridized carbons (Fsp3) is 0.154. The van der Waals surface area contributed by atoms with Crippen LogP contribution in [0.15, 0.2) is 36.5 Å². The number of H-pyrrole nitrogens is 1. The third-order valence-corrected chi connectivity index (χ3v) is 2.78. The Bertz CT molecular complexity index is 596. The Morgan fingerprint density at radius 1 is 1.40 bits per heavy atom. The molecule has 1 amide bonds. The number of hydrogen-bond acceptors (Lipinski definition) is 3. The number of aromatic nitrogens is 2. The summed E-state index contributed by atoms with van der Waals surface area (Å²) in [5.74, 6) is -0.614. The van der Waals surface area contributed by atoms with Gasteiger partial charge in [-0.3, -0.25) is 20.2 Å². The molecule has 0 aliphatic carbocycles. The second-order valence-corrected chi connectivity index (χ2v) is 4.17. The number of nitrogens with one attached hydrogen (secondary N) is 2. The van der Waals surface area contributed by atoms with Gasteiger partial charge in [0, 0.05) is 5.69 Å². The normalized spacial score (nSPS) is 9.65. The minimum atomic E-state index is -0.331. The largest absolute Gasteiger partial charge is 0.370 e. The number of nitrogens with zero attached hydrogens (tertiary/aromatic N) is 2. The van der Waals surface area contributed by atoms with Crippen molar-refractivity contribution in [2.24, 2.45) is 5.73 Å². The minimum absolute atomic E-state index is 0. The maximum Gasteiger partial charge on any atom is 0.264 e. The Balaban J connectivity index is 0.00000200. The molecule has 0 aliphatic rings. The summed E-state index contributed by atoms with van der Waals surface area (Å²) in [6.45, 7) is 2.01. The molecule has 20 heavy (non-hydrogen) atoms. The zero-order chi connectivity index (χ0) is 13.8. The number of hydrogen-bond donors (Lipinski definition) is 3. The zero-order valence-corrected chi connectivity index (χ0v) is 11.8. The van der Waals surface area contributed by atoms with E-state index >= 15 is 0 Å². The number of benzene rings is 1. The summed E-state index contributed by atoms with van der Waals surface area (Å²) in [4.78, 5) is 13.5. The number of aryl methyl sites for hydroxylation is 1. The van der Waals surface area contributed by atoms with E-state index in [1.807, 2.05) is 30.3 Å². The molecule has 2 aromatic rings. The van der Waals surface area contributed by atoms with Gasteiger partial charge in [0.25, 0.3) is 5.91 Å². The van der Waals surface area contributed by atoms with Gasteiger partial charge in [-0.15, -0.1) is 12.4 Å². The van der Waals surface area contributed by atoms with Crippen LogP contribution in [0.4, 0.5) is 0 Å². The number of carbonyl (C=O) groups excluding carboxylic acids is 1. The molecule has 0 fully saturated rings. The molecule has 0 saturated carbocycles. The van der Waals surface area contributed by atoms with Gasteiger partial charge in [-0.25, -0.2) is 0 Å². The molecule has 0 atom stereocenters. The summed E-state index contributed by atoms with van der Waals surface area (Å²) in [5, 5.41) is 14.1. The van der Waals surface area contributed by atoms with Crippen LogP contribution in [0, 0.1) is 12.3 Å². The van der Waals surface area contributed by atoms with Crippen LogP contribution in [-0.4, -0.2) is 27.0 Å². The van der Waals surface area contributed by atoms with Gasteiger partial charge < -0.3 is 5.73 Å². The summed E-state index contributed by atoms with van der Waals surface area (Å²) in [5.41, 5.74) is 7.49. The summed E-state index contributed by atoms with van der Waals surface area (Å²) < 4.78 is 0. The highest BCUT2D eigenvalue weighted by Gasteiger charge is 2.21. The van der Waals surface area contributed by atoms with Gasteiger partial charge in [0.05, 0.1) is 18.3 Å². The summed E-state index contributed by atoms with van der Waals surface area (Å²) >= 11 is 0. The molecule has 6 nitrogen and oxygen atoms in total. The molecule has 4 N–H and O–H groups in total. The van der Waals surface area contributed by atoms with Gasteiger partial charge in [-0.05, 0) is 12.5 Å². The average Bonchev–Trinajstić information content (AvgIpc) is 2.82. The predicted molar refractivity (Wildman–Crippen MR) is 78.8 cm³/mol. The first kappa shape index (κ1) is 15.7. The molecule has 0 bridgehead atoms. The van der Waals surface area contributed by atoms with Crippen LogP contribution in [0.25, 0.3) is 0 Å². The first-order chi connectivity index (χ1) is 9.09. The minimum Gasteiger partial charge on any atom is -0.370 e. The van der Waals surface area contributed by atoms with E-state index < -0.39 is 0 Å². The number of halogens is 1. The van der Waals surface area contributed by atoms with Gasteiger partial charge in [-0.1, -0.05) is 30.3 Å². The van der Waals surface area contributed by atoms with Crippen LogP contribution < -0.4 is 5.73 Å². The number of nitrogens with two attached hydrogens (primary N) is 1. The molecule has 0 aliphatic heterocycles. The van der Waals surface area contributed by atoms with E-state index in [9.17, 15) is 4.79 Å². The Labute approximate surface area is 122 Å². The van der Waals surface area contributed by atoms with Gasteiger partial charge in [-0.2, -0.15) is 5.10 Å². The lowest BCUT2D eigenvalue weighted by Crippen LogP contribution is -2.40. The van der Waals surface area contributed by atoms with Crippen molar-refractivity contribution in [1.82, 2.24) is 15.1 Å². The third kappa shape index (κ3) is 3.36. The SMILES string of the molecule is Cc1[nH]ncc1C(=O)N(Cc1ccccc1)C(=N)N.Cl. The first-order valence-corrected chi connectivity index (χ1v) is 5.79. The molecule has 0 radical (unpaired) electrons. The van der Waals surface area contributed by atoms with E-state index in [1.54, 1.807) is 6.92 Å². The fourth-order valence-electron chi connectivity index (χ4n) is 1.74. The quantitative estimate of drug-likeness (QED) is 0.593. The summed E-state index contributed by atoms with van der Waals surface area (Å²) in [7, 11) is 0. The van der Waals surface area contributed by atoms with Crippen LogP contribution >= 0.6 is 12.4 Å². The molecule has 106 valence electrons. The second-order valence-electron chi connectivity index (χ2n) is 4.17. The smallest absolute Gasteiger partial charge is 0.264 e. The molecule has 0 spiro atoms. The van der Waals surface area contributed by atoms with Crippen LogP contribution in [0.1, 0.15) is 21.6 Å². The van der Waals surface area contributed by atoms with E-state index in [-0.39, 0.29) is 30.8 Å². The first-order valence-electron chi connectivity index (χ1n) is 5.79. The van der Waals surface area contributed by atoms with E-state index in [0.29, 0.717) is 11.3 Å². The van der Waals surface area contributed by atoms with E-state index in [4.69, 9.17) is 11.1 Å². The number of aromatic amines is 1. The molecular formula is C13H16ClN5O. The maximum atomic E-state index is 12.3. The second kappa shape index (κ2) is 6.72. The highest BCUT2D eigenvalue weighted by Crippen LogP contribution is 2.11.